The molecule has 0 bridgehead atoms. The van der Waals surface area contributed by atoms with Crippen LogP contribution in [0.3, 0.4) is 0 Å². The van der Waals surface area contributed by atoms with Crippen molar-refractivity contribution >= 4 is 11.6 Å². The monoisotopic (exact) mass is 301 g/mol. The van der Waals surface area contributed by atoms with E-state index in [-0.39, 0.29) is 17.7 Å². The van der Waals surface area contributed by atoms with E-state index in [0.29, 0.717) is 12.6 Å². The third-order valence-corrected chi connectivity index (χ3v) is 4.22. The molecule has 0 radical (unpaired) electrons. The number of hydrogen-bond acceptors (Lipinski definition) is 5. The SMILES string of the molecule is CC1CN2CCCC2CN1c1cc(N)nc(C(F)(F)F)n1. The van der Waals surface area contributed by atoms with Crippen LogP contribution in [-0.4, -0.2) is 46.6 Å². The highest BCUT2D eigenvalue weighted by Gasteiger charge is 2.38. The number of anilines is 2. The van der Waals surface area contributed by atoms with Crippen LogP contribution in [0.4, 0.5) is 24.8 Å². The summed E-state index contributed by atoms with van der Waals surface area (Å²) in [5.74, 6) is -1.04. The van der Waals surface area contributed by atoms with Gasteiger partial charge in [-0.3, -0.25) is 4.90 Å². The van der Waals surface area contributed by atoms with Crippen LogP contribution >= 0.6 is 0 Å². The molecule has 2 fully saturated rings. The highest BCUT2D eigenvalue weighted by atomic mass is 19.4. The first kappa shape index (κ1) is 14.4. The Kier molecular flexibility index (Phi) is 3.43. The van der Waals surface area contributed by atoms with Gasteiger partial charge >= 0.3 is 6.18 Å². The molecular formula is C13H18F3N5. The summed E-state index contributed by atoms with van der Waals surface area (Å²) in [7, 11) is 0. The standard InChI is InChI=1S/C13H18F3N5/c1-8-6-20-4-2-3-9(20)7-21(8)11-5-10(17)18-12(19-11)13(14,15)16/h5,8-9H,2-4,6-7H2,1H3,(H2,17,18,19). The molecule has 2 aliphatic rings. The maximum atomic E-state index is 12.8. The number of alkyl halides is 3. The Labute approximate surface area is 120 Å². The fourth-order valence-corrected chi connectivity index (χ4v) is 3.23. The first-order valence-electron chi connectivity index (χ1n) is 7.07. The lowest BCUT2D eigenvalue weighted by atomic mass is 10.1. The largest absolute Gasteiger partial charge is 0.451 e. The van der Waals surface area contributed by atoms with E-state index in [2.05, 4.69) is 14.9 Å². The summed E-state index contributed by atoms with van der Waals surface area (Å²) in [6.07, 6.45) is -2.36. The summed E-state index contributed by atoms with van der Waals surface area (Å²) in [5, 5.41) is 0. The molecule has 0 aliphatic carbocycles. The van der Waals surface area contributed by atoms with E-state index < -0.39 is 12.0 Å². The highest BCUT2D eigenvalue weighted by molar-refractivity contribution is 5.48. The summed E-state index contributed by atoms with van der Waals surface area (Å²) in [5.41, 5.74) is 5.53. The van der Waals surface area contributed by atoms with Gasteiger partial charge < -0.3 is 10.6 Å². The lowest BCUT2D eigenvalue weighted by molar-refractivity contribution is -0.144. The molecule has 116 valence electrons. The predicted molar refractivity (Wildman–Crippen MR) is 72.8 cm³/mol. The number of halogens is 3. The van der Waals surface area contributed by atoms with Crippen molar-refractivity contribution in [1.29, 1.82) is 0 Å². The van der Waals surface area contributed by atoms with E-state index >= 15 is 0 Å². The van der Waals surface area contributed by atoms with E-state index in [0.717, 1.165) is 25.9 Å². The average molecular weight is 301 g/mol. The number of nitrogens with zero attached hydrogens (tertiary/aromatic N) is 4. The smallest absolute Gasteiger partial charge is 0.384 e. The first-order chi connectivity index (χ1) is 9.84. The number of rotatable bonds is 1. The summed E-state index contributed by atoms with van der Waals surface area (Å²) in [4.78, 5) is 11.3. The number of nitrogen functional groups attached to an aromatic ring is 1. The minimum atomic E-state index is -4.58. The van der Waals surface area contributed by atoms with Gasteiger partial charge in [0.15, 0.2) is 0 Å². The predicted octanol–water partition coefficient (Wildman–Crippen LogP) is 1.75. The zero-order chi connectivity index (χ0) is 15.2. The van der Waals surface area contributed by atoms with Gasteiger partial charge in [0.1, 0.15) is 11.6 Å². The molecule has 2 aliphatic heterocycles. The average Bonchev–Trinajstić information content (AvgIpc) is 2.83. The molecule has 3 rings (SSSR count). The van der Waals surface area contributed by atoms with Crippen molar-refractivity contribution in [2.45, 2.75) is 38.0 Å². The molecule has 8 heteroatoms. The highest BCUT2D eigenvalue weighted by Crippen LogP contribution is 2.31. The summed E-state index contributed by atoms with van der Waals surface area (Å²) >= 11 is 0. The fraction of sp³-hybridized carbons (Fsp3) is 0.692. The topological polar surface area (TPSA) is 58.3 Å². The van der Waals surface area contributed by atoms with Crippen LogP contribution in [0.25, 0.3) is 0 Å². The third-order valence-electron chi connectivity index (χ3n) is 4.22. The lowest BCUT2D eigenvalue weighted by Crippen LogP contribution is -2.55. The number of piperazine rings is 1. The van der Waals surface area contributed by atoms with Crippen LogP contribution in [0.5, 0.6) is 0 Å². The van der Waals surface area contributed by atoms with E-state index in [9.17, 15) is 13.2 Å². The Bertz CT molecular complexity index is 533. The molecule has 3 heterocycles. The Morgan fingerprint density at radius 3 is 2.76 bits per heavy atom. The number of nitrogens with two attached hydrogens (primary N) is 1. The molecule has 0 saturated carbocycles. The van der Waals surface area contributed by atoms with Gasteiger partial charge in [-0.25, -0.2) is 9.97 Å². The molecular weight excluding hydrogens is 283 g/mol. The molecule has 1 aromatic rings. The molecule has 2 saturated heterocycles. The normalized spacial score (nSPS) is 27.0. The minimum absolute atomic E-state index is 0.106. The molecule has 2 atom stereocenters. The van der Waals surface area contributed by atoms with Gasteiger partial charge in [0.2, 0.25) is 5.82 Å². The Balaban J connectivity index is 1.90. The third kappa shape index (κ3) is 2.76. The zero-order valence-corrected chi connectivity index (χ0v) is 11.8. The first-order valence-corrected chi connectivity index (χ1v) is 7.07. The summed E-state index contributed by atoms with van der Waals surface area (Å²) < 4.78 is 38.5. The molecule has 2 unspecified atom stereocenters. The molecule has 0 spiro atoms. The van der Waals surface area contributed by atoms with Crippen molar-refractivity contribution < 1.29 is 13.2 Å². The minimum Gasteiger partial charge on any atom is -0.384 e. The van der Waals surface area contributed by atoms with Crippen LogP contribution in [0.1, 0.15) is 25.6 Å². The second-order valence-corrected chi connectivity index (χ2v) is 5.76. The van der Waals surface area contributed by atoms with Gasteiger partial charge in [0.05, 0.1) is 0 Å². The number of aromatic nitrogens is 2. The van der Waals surface area contributed by atoms with Crippen LogP contribution in [0, 0.1) is 0 Å². The second-order valence-electron chi connectivity index (χ2n) is 5.76. The van der Waals surface area contributed by atoms with Gasteiger partial charge in [-0.15, -0.1) is 0 Å². The molecule has 5 nitrogen and oxygen atoms in total. The van der Waals surface area contributed by atoms with Crippen molar-refractivity contribution in [1.82, 2.24) is 14.9 Å². The van der Waals surface area contributed by atoms with Gasteiger partial charge in [0.25, 0.3) is 0 Å². The molecule has 0 amide bonds. The number of fused-ring (bicyclic) bond motifs is 1. The van der Waals surface area contributed by atoms with Gasteiger partial charge in [-0.1, -0.05) is 0 Å². The van der Waals surface area contributed by atoms with Crippen molar-refractivity contribution in [3.8, 4) is 0 Å². The van der Waals surface area contributed by atoms with Crippen LogP contribution < -0.4 is 10.6 Å². The van der Waals surface area contributed by atoms with Crippen LogP contribution in [-0.2, 0) is 6.18 Å². The Morgan fingerprint density at radius 1 is 1.29 bits per heavy atom. The van der Waals surface area contributed by atoms with Crippen molar-refractivity contribution in [3.63, 3.8) is 0 Å². The van der Waals surface area contributed by atoms with E-state index in [1.54, 1.807) is 0 Å². The van der Waals surface area contributed by atoms with Gasteiger partial charge in [-0.05, 0) is 26.3 Å². The lowest BCUT2D eigenvalue weighted by Gasteiger charge is -2.43. The quantitative estimate of drug-likeness (QED) is 0.856. The zero-order valence-electron chi connectivity index (χ0n) is 11.8. The Morgan fingerprint density at radius 2 is 2.05 bits per heavy atom. The van der Waals surface area contributed by atoms with Crippen molar-refractivity contribution in [2.75, 3.05) is 30.3 Å². The Hall–Kier alpha value is -1.57. The molecule has 21 heavy (non-hydrogen) atoms. The van der Waals surface area contributed by atoms with Gasteiger partial charge in [-0.2, -0.15) is 13.2 Å². The fourth-order valence-electron chi connectivity index (χ4n) is 3.23. The van der Waals surface area contributed by atoms with E-state index in [1.807, 2.05) is 11.8 Å². The summed E-state index contributed by atoms with van der Waals surface area (Å²) in [6.45, 7) is 4.60. The van der Waals surface area contributed by atoms with E-state index in [1.165, 1.54) is 6.07 Å². The second kappa shape index (κ2) is 5.01. The molecule has 0 aromatic carbocycles. The van der Waals surface area contributed by atoms with Crippen LogP contribution in [0.2, 0.25) is 0 Å². The summed E-state index contributed by atoms with van der Waals surface area (Å²) in [6, 6.07) is 1.93. The number of hydrogen-bond donors (Lipinski definition) is 1. The van der Waals surface area contributed by atoms with E-state index in [4.69, 9.17) is 5.73 Å². The maximum absolute atomic E-state index is 12.8. The molecule has 1 aromatic heterocycles. The van der Waals surface area contributed by atoms with Crippen LogP contribution in [0.15, 0.2) is 6.07 Å². The maximum Gasteiger partial charge on any atom is 0.451 e. The van der Waals surface area contributed by atoms with Crippen molar-refractivity contribution in [3.05, 3.63) is 11.9 Å². The van der Waals surface area contributed by atoms with Crippen molar-refractivity contribution in [2.24, 2.45) is 0 Å². The van der Waals surface area contributed by atoms with Gasteiger partial charge in [0, 0.05) is 31.2 Å². The molecule has 2 N–H and O–H groups in total.